The van der Waals surface area contributed by atoms with E-state index in [1.54, 1.807) is 0 Å². The number of carbonyl (C=O) groups is 1. The lowest BCUT2D eigenvalue weighted by Gasteiger charge is -2.46. The van der Waals surface area contributed by atoms with Crippen molar-refractivity contribution in [2.45, 2.75) is 351 Å². The van der Waals surface area contributed by atoms with E-state index in [0.717, 1.165) is 103 Å². The molecule has 14 nitrogen and oxygen atoms in total. The molecule has 1 amide bonds. The number of ether oxygens (including phenoxy) is 4. The van der Waals surface area contributed by atoms with E-state index in [1.165, 1.54) is 141 Å². The molecule has 0 spiro atoms. The highest BCUT2D eigenvalue weighted by Gasteiger charge is 2.51. The van der Waals surface area contributed by atoms with E-state index >= 15 is 0 Å². The van der Waals surface area contributed by atoms with Crippen molar-refractivity contribution in [2.75, 3.05) is 19.8 Å². The van der Waals surface area contributed by atoms with Crippen LogP contribution in [0.5, 0.6) is 0 Å². The number of nitrogens with one attached hydrogen (secondary N) is 1. The second kappa shape index (κ2) is 58.7. The molecule has 514 valence electrons. The molecule has 2 saturated heterocycles. The van der Waals surface area contributed by atoms with Crippen molar-refractivity contribution in [3.63, 3.8) is 0 Å². The van der Waals surface area contributed by atoms with E-state index in [2.05, 4.69) is 116 Å². The molecule has 0 aromatic heterocycles. The average molecular weight is 1250 g/mol. The van der Waals surface area contributed by atoms with Gasteiger partial charge in [-0.15, -0.1) is 0 Å². The maximum absolute atomic E-state index is 13.4. The van der Waals surface area contributed by atoms with Crippen molar-refractivity contribution < 1.29 is 64.6 Å². The van der Waals surface area contributed by atoms with Gasteiger partial charge in [0.05, 0.1) is 32.0 Å². The van der Waals surface area contributed by atoms with Gasteiger partial charge in [-0.25, -0.2) is 0 Å². The van der Waals surface area contributed by atoms with E-state index in [9.17, 15) is 45.6 Å². The maximum atomic E-state index is 13.4. The second-order valence-corrected chi connectivity index (χ2v) is 25.0. The van der Waals surface area contributed by atoms with Crippen molar-refractivity contribution in [1.29, 1.82) is 0 Å². The van der Waals surface area contributed by atoms with E-state index in [4.69, 9.17) is 18.9 Å². The lowest BCUT2D eigenvalue weighted by molar-refractivity contribution is -0.359. The lowest BCUT2D eigenvalue weighted by atomic mass is 9.97. The Bertz CT molecular complexity index is 1860. The minimum Gasteiger partial charge on any atom is -0.394 e. The topological polar surface area (TPSA) is 228 Å². The number of carbonyl (C=O) groups excluding carboxylic acids is 1. The molecule has 89 heavy (non-hydrogen) atoms. The van der Waals surface area contributed by atoms with Gasteiger partial charge in [0, 0.05) is 6.42 Å². The molecule has 2 rings (SSSR count). The summed E-state index contributed by atoms with van der Waals surface area (Å²) in [5.74, 6) is -0.232. The molecule has 2 aliphatic heterocycles. The minimum absolute atomic E-state index is 0.232. The molecule has 0 bridgehead atoms. The van der Waals surface area contributed by atoms with E-state index in [-0.39, 0.29) is 18.9 Å². The Morgan fingerprint density at radius 1 is 0.416 bits per heavy atom. The van der Waals surface area contributed by atoms with Gasteiger partial charge in [0.25, 0.3) is 0 Å². The summed E-state index contributed by atoms with van der Waals surface area (Å²) in [5, 5.41) is 87.7. The Hall–Kier alpha value is -3.09. The number of rotatable bonds is 58. The molecule has 0 saturated carbocycles. The van der Waals surface area contributed by atoms with Crippen molar-refractivity contribution in [2.24, 2.45) is 0 Å². The van der Waals surface area contributed by atoms with Gasteiger partial charge in [-0.05, 0) is 77.0 Å². The smallest absolute Gasteiger partial charge is 0.220 e. The van der Waals surface area contributed by atoms with Crippen molar-refractivity contribution in [3.8, 4) is 0 Å². The Morgan fingerprint density at radius 2 is 0.775 bits per heavy atom. The van der Waals surface area contributed by atoms with Crippen LogP contribution in [0.3, 0.4) is 0 Å². The molecule has 0 radical (unpaired) electrons. The fourth-order valence-corrected chi connectivity index (χ4v) is 11.4. The number of allylic oxidation sites excluding steroid dienone is 16. The summed E-state index contributed by atoms with van der Waals surface area (Å²) in [4.78, 5) is 13.4. The first kappa shape index (κ1) is 82.0. The molecule has 14 heteroatoms. The average Bonchev–Trinajstić information content (AvgIpc) is 2.51. The summed E-state index contributed by atoms with van der Waals surface area (Å²) in [7, 11) is 0. The summed E-state index contributed by atoms with van der Waals surface area (Å²) < 4.78 is 22.9. The van der Waals surface area contributed by atoms with Crippen LogP contribution in [-0.2, 0) is 23.7 Å². The van der Waals surface area contributed by atoms with Gasteiger partial charge < -0.3 is 65.1 Å². The van der Waals surface area contributed by atoms with Gasteiger partial charge >= 0.3 is 0 Å². The molecule has 2 fully saturated rings. The first-order valence-electron chi connectivity index (χ1n) is 36.0. The molecule has 0 aliphatic carbocycles. The molecular formula is C75H131NO13. The normalized spacial score (nSPS) is 23.6. The van der Waals surface area contributed by atoms with Gasteiger partial charge in [0.15, 0.2) is 12.6 Å². The van der Waals surface area contributed by atoms with Gasteiger partial charge in [0.1, 0.15) is 48.8 Å². The first-order valence-corrected chi connectivity index (χ1v) is 36.0. The van der Waals surface area contributed by atoms with Crippen LogP contribution in [0.2, 0.25) is 0 Å². The fraction of sp³-hybridized carbons (Fsp3) is 0.773. The number of aliphatic hydroxyl groups excluding tert-OH is 8. The quantitative estimate of drug-likeness (QED) is 0.0204. The summed E-state index contributed by atoms with van der Waals surface area (Å²) in [5.41, 5.74) is 0. The van der Waals surface area contributed by atoms with E-state index in [1.807, 2.05) is 0 Å². The third-order valence-corrected chi connectivity index (χ3v) is 17.1. The Morgan fingerprint density at radius 3 is 1.19 bits per heavy atom. The molecule has 12 atom stereocenters. The Kier molecular flexibility index (Phi) is 54.1. The molecule has 0 aromatic rings. The van der Waals surface area contributed by atoms with Crippen molar-refractivity contribution in [1.82, 2.24) is 5.32 Å². The zero-order valence-corrected chi connectivity index (χ0v) is 55.9. The Labute approximate surface area is 541 Å². The fourth-order valence-electron chi connectivity index (χ4n) is 11.4. The van der Waals surface area contributed by atoms with Crippen LogP contribution in [0.4, 0.5) is 0 Å². The third kappa shape index (κ3) is 42.7. The van der Waals surface area contributed by atoms with Crippen LogP contribution < -0.4 is 5.32 Å². The van der Waals surface area contributed by atoms with Crippen LogP contribution in [0, 0.1) is 0 Å². The number of unbranched alkanes of at least 4 members (excludes halogenated alkanes) is 29. The highest BCUT2D eigenvalue weighted by molar-refractivity contribution is 5.76. The highest BCUT2D eigenvalue weighted by atomic mass is 16.7. The van der Waals surface area contributed by atoms with Crippen LogP contribution >= 0.6 is 0 Å². The standard InChI is InChI=1S/C75H131NO13/c1-3-5-7-9-11-13-15-17-19-21-23-25-27-29-31-32-33-35-37-39-41-43-45-47-49-51-53-55-57-59-67(80)76-63(62-86-74-72(85)70(83)73(66(61-78)88-74)89-75-71(84)69(82)68(81)65(60-77)87-75)64(79)58-56-54-52-50-48-46-44-42-40-38-36-34-30-28-26-24-22-20-18-16-14-12-10-8-6-4-2/h5,7,11,13,17,19,23,25,29,31,33,35,39,41,45,47,63-66,68-75,77-79,81-85H,3-4,6,8-10,12,14-16,18,20-22,24,26-28,30,32,34,36-38,40,42-44,46,48-62H2,1-2H3,(H,76,80)/b7-5-,13-11-,19-17-,25-23-,31-29-,35-33-,41-39-,47-45-. The molecule has 0 aromatic carbocycles. The van der Waals surface area contributed by atoms with Crippen LogP contribution in [-0.4, -0.2) is 140 Å². The summed E-state index contributed by atoms with van der Waals surface area (Å²) >= 11 is 0. The summed E-state index contributed by atoms with van der Waals surface area (Å²) in [6.45, 7) is 2.76. The van der Waals surface area contributed by atoms with Gasteiger partial charge in [-0.1, -0.05) is 291 Å². The molecule has 9 N–H and O–H groups in total. The van der Waals surface area contributed by atoms with Crippen molar-refractivity contribution >= 4 is 5.91 Å². The Balaban J connectivity index is 1.69. The second-order valence-electron chi connectivity index (χ2n) is 25.0. The predicted molar refractivity (Wildman–Crippen MR) is 364 cm³/mol. The largest absolute Gasteiger partial charge is 0.394 e. The number of hydrogen-bond donors (Lipinski definition) is 9. The van der Waals surface area contributed by atoms with Crippen LogP contribution in [0.15, 0.2) is 97.2 Å². The highest BCUT2D eigenvalue weighted by Crippen LogP contribution is 2.30. The molecule has 2 heterocycles. The van der Waals surface area contributed by atoms with Crippen LogP contribution in [0.25, 0.3) is 0 Å². The van der Waals surface area contributed by atoms with Crippen molar-refractivity contribution in [3.05, 3.63) is 97.2 Å². The number of amides is 1. The van der Waals surface area contributed by atoms with Gasteiger partial charge in [0.2, 0.25) is 5.91 Å². The van der Waals surface area contributed by atoms with Crippen LogP contribution in [0.1, 0.15) is 277 Å². The zero-order valence-electron chi connectivity index (χ0n) is 55.9. The maximum Gasteiger partial charge on any atom is 0.220 e. The van der Waals surface area contributed by atoms with Gasteiger partial charge in [-0.3, -0.25) is 4.79 Å². The lowest BCUT2D eigenvalue weighted by Crippen LogP contribution is -2.65. The first-order chi connectivity index (χ1) is 43.6. The molecule has 12 unspecified atom stereocenters. The minimum atomic E-state index is -1.79. The third-order valence-electron chi connectivity index (χ3n) is 17.1. The molecular weight excluding hydrogens is 1120 g/mol. The summed E-state index contributed by atoms with van der Waals surface area (Å²) in [6, 6.07) is -0.852. The van der Waals surface area contributed by atoms with Gasteiger partial charge in [-0.2, -0.15) is 0 Å². The zero-order chi connectivity index (χ0) is 64.5. The SMILES string of the molecule is CC/C=C\C/C=C\C/C=C\C/C=C\C/C=C\C/C=C\C/C=C\C/C=C\CCCCCCC(=O)NC(COC1OC(CO)C(OC2OC(CO)C(O)C(O)C2O)C(O)C1O)C(O)CCCCCCCCCCCCCCCCCCCCCCCCCCCC. The number of hydrogen-bond acceptors (Lipinski definition) is 13. The number of aliphatic hydroxyl groups is 8. The molecule has 2 aliphatic rings. The summed E-state index contributed by atoms with van der Waals surface area (Å²) in [6.07, 6.45) is 65.6. The monoisotopic (exact) mass is 1250 g/mol. The predicted octanol–water partition coefficient (Wildman–Crippen LogP) is 15.0. The van der Waals surface area contributed by atoms with E-state index in [0.29, 0.717) is 12.8 Å². The van der Waals surface area contributed by atoms with E-state index < -0.39 is 86.8 Å².